The predicted octanol–water partition coefficient (Wildman–Crippen LogP) is 3.47. The third kappa shape index (κ3) is 4.76. The number of ether oxygens (including phenoxy) is 2. The normalized spacial score (nSPS) is 16.5. The van der Waals surface area contributed by atoms with E-state index in [9.17, 15) is 14.4 Å². The molecule has 0 radical (unpaired) electrons. The Morgan fingerprint density at radius 1 is 1.06 bits per heavy atom. The number of carbonyl (C=O) groups excluding carboxylic acids is 3. The van der Waals surface area contributed by atoms with Gasteiger partial charge in [-0.25, -0.2) is 4.79 Å². The smallest absolute Gasteiger partial charge is 0.360 e. The van der Waals surface area contributed by atoms with Crippen molar-refractivity contribution >= 4 is 35.0 Å². The van der Waals surface area contributed by atoms with E-state index in [0.717, 1.165) is 5.56 Å². The highest BCUT2D eigenvalue weighted by Crippen LogP contribution is 2.41. The Bertz CT molecular complexity index is 1320. The number of nitrogens with zero attached hydrogens (tertiary/aromatic N) is 1. The molecule has 0 aromatic heterocycles. The monoisotopic (exact) mass is 486 g/mol. The number of amides is 2. The second-order valence-electron chi connectivity index (χ2n) is 8.36. The fourth-order valence-electron chi connectivity index (χ4n) is 3.85. The van der Waals surface area contributed by atoms with Gasteiger partial charge in [0.25, 0.3) is 17.4 Å². The van der Waals surface area contributed by atoms with Crippen molar-refractivity contribution < 1.29 is 23.9 Å². The van der Waals surface area contributed by atoms with Crippen molar-refractivity contribution in [1.29, 1.82) is 5.41 Å². The Labute approximate surface area is 208 Å². The van der Waals surface area contributed by atoms with E-state index in [0.29, 0.717) is 28.3 Å². The van der Waals surface area contributed by atoms with Gasteiger partial charge in [0, 0.05) is 16.8 Å². The molecule has 0 saturated heterocycles. The topological polar surface area (TPSA) is 135 Å². The second kappa shape index (κ2) is 9.91. The molecule has 1 aliphatic heterocycles. The van der Waals surface area contributed by atoms with Gasteiger partial charge in [0.1, 0.15) is 11.6 Å². The van der Waals surface area contributed by atoms with Gasteiger partial charge in [-0.1, -0.05) is 42.5 Å². The molecule has 0 spiro atoms. The molecule has 1 heterocycles. The Morgan fingerprint density at radius 2 is 1.72 bits per heavy atom. The number of hydrogen-bond donors (Lipinski definition) is 3. The van der Waals surface area contributed by atoms with Gasteiger partial charge >= 0.3 is 5.97 Å². The fraction of sp³-hybridized carbons (Fsp3) is 0.185. The van der Waals surface area contributed by atoms with Gasteiger partial charge in [-0.2, -0.15) is 0 Å². The third-order valence-electron chi connectivity index (χ3n) is 5.78. The number of fused-ring (bicyclic) bond motifs is 1. The molecule has 4 N–H and O–H groups in total. The van der Waals surface area contributed by atoms with E-state index in [1.54, 1.807) is 49.4 Å². The summed E-state index contributed by atoms with van der Waals surface area (Å²) in [6.45, 7) is 3.35. The maximum absolute atomic E-state index is 13.6. The number of nitrogens with one attached hydrogen (secondary N) is 2. The van der Waals surface area contributed by atoms with Crippen molar-refractivity contribution in [2.24, 2.45) is 5.73 Å². The van der Waals surface area contributed by atoms with Crippen LogP contribution in [0.2, 0.25) is 0 Å². The standard InChI is InChI=1S/C27H26N4O5/c1-3-35-26(34)27(2)25(33)31(16-17-7-5-4-6-8-17)21-15-20(13-14-22(21)36-27)30-24(32)19-11-9-18(10-12-19)23(28)29/h4-15H,3,16H2,1-2H3,(H3,28,29)(H,30,32). The summed E-state index contributed by atoms with van der Waals surface area (Å²) in [6.07, 6.45) is 0. The third-order valence-corrected chi connectivity index (χ3v) is 5.78. The van der Waals surface area contributed by atoms with Crippen LogP contribution in [0.25, 0.3) is 0 Å². The average molecular weight is 487 g/mol. The number of nitrogens with two attached hydrogens (primary N) is 1. The minimum atomic E-state index is -1.85. The molecule has 1 atom stereocenters. The molecule has 3 aromatic carbocycles. The Balaban J connectivity index is 1.67. The van der Waals surface area contributed by atoms with Crippen LogP contribution < -0.4 is 20.7 Å². The maximum atomic E-state index is 13.6. The molecule has 0 aliphatic carbocycles. The van der Waals surface area contributed by atoms with Gasteiger partial charge in [-0.3, -0.25) is 15.0 Å². The van der Waals surface area contributed by atoms with Crippen molar-refractivity contribution in [3.8, 4) is 5.75 Å². The minimum absolute atomic E-state index is 0.0883. The van der Waals surface area contributed by atoms with Crippen LogP contribution in [-0.2, 0) is 20.9 Å². The van der Waals surface area contributed by atoms with Crippen molar-refractivity contribution in [3.63, 3.8) is 0 Å². The number of nitrogen functional groups attached to an aromatic ring is 1. The number of rotatable bonds is 7. The second-order valence-corrected chi connectivity index (χ2v) is 8.36. The molecule has 0 fully saturated rings. The molecule has 3 aromatic rings. The number of carbonyl (C=O) groups is 3. The molecule has 1 aliphatic rings. The highest BCUT2D eigenvalue weighted by molar-refractivity contribution is 6.15. The summed E-state index contributed by atoms with van der Waals surface area (Å²) in [4.78, 5) is 40.5. The molecule has 9 heteroatoms. The molecular formula is C27H26N4O5. The van der Waals surface area contributed by atoms with Gasteiger partial charge in [0.2, 0.25) is 0 Å². The van der Waals surface area contributed by atoms with Gasteiger partial charge < -0.3 is 25.4 Å². The first kappa shape index (κ1) is 24.5. The molecule has 9 nitrogen and oxygen atoms in total. The zero-order valence-corrected chi connectivity index (χ0v) is 19.9. The van der Waals surface area contributed by atoms with Gasteiger partial charge in [0.05, 0.1) is 18.8 Å². The van der Waals surface area contributed by atoms with Crippen LogP contribution in [0.15, 0.2) is 72.8 Å². The van der Waals surface area contributed by atoms with Crippen LogP contribution in [0.1, 0.15) is 35.3 Å². The highest BCUT2D eigenvalue weighted by atomic mass is 16.6. The first-order chi connectivity index (χ1) is 17.2. The van der Waals surface area contributed by atoms with Gasteiger partial charge in [-0.15, -0.1) is 0 Å². The number of hydrogen-bond acceptors (Lipinski definition) is 6. The summed E-state index contributed by atoms with van der Waals surface area (Å²) in [5.41, 5.74) is 6.21. The highest BCUT2D eigenvalue weighted by Gasteiger charge is 2.52. The molecular weight excluding hydrogens is 460 g/mol. The number of esters is 1. The van der Waals surface area contributed by atoms with E-state index < -0.39 is 17.5 Å². The fourth-order valence-corrected chi connectivity index (χ4v) is 3.85. The summed E-state index contributed by atoms with van der Waals surface area (Å²) < 4.78 is 11.0. The van der Waals surface area contributed by atoms with Crippen LogP contribution in [0.5, 0.6) is 5.75 Å². The van der Waals surface area contributed by atoms with E-state index in [4.69, 9.17) is 20.6 Å². The quantitative estimate of drug-likeness (QED) is 0.203. The van der Waals surface area contributed by atoms with Gasteiger partial charge in [-0.05, 0) is 49.7 Å². The summed E-state index contributed by atoms with van der Waals surface area (Å²) in [5.74, 6) is -1.50. The summed E-state index contributed by atoms with van der Waals surface area (Å²) >= 11 is 0. The Hall–Kier alpha value is -4.66. The Morgan fingerprint density at radius 3 is 2.36 bits per heavy atom. The van der Waals surface area contributed by atoms with Crippen molar-refractivity contribution in [2.75, 3.05) is 16.8 Å². The lowest BCUT2D eigenvalue weighted by molar-refractivity contribution is -0.166. The maximum Gasteiger partial charge on any atom is 0.360 e. The van der Waals surface area contributed by atoms with Crippen molar-refractivity contribution in [2.45, 2.75) is 26.0 Å². The average Bonchev–Trinajstić information content (AvgIpc) is 2.88. The van der Waals surface area contributed by atoms with Crippen molar-refractivity contribution in [1.82, 2.24) is 0 Å². The van der Waals surface area contributed by atoms with E-state index >= 15 is 0 Å². The van der Waals surface area contributed by atoms with E-state index in [-0.39, 0.29) is 24.9 Å². The molecule has 2 amide bonds. The van der Waals surface area contributed by atoms with Gasteiger partial charge in [0.15, 0.2) is 0 Å². The minimum Gasteiger partial charge on any atom is -0.464 e. The predicted molar refractivity (Wildman–Crippen MR) is 135 cm³/mol. The summed E-state index contributed by atoms with van der Waals surface area (Å²) in [5, 5.41) is 10.3. The molecule has 36 heavy (non-hydrogen) atoms. The zero-order valence-electron chi connectivity index (χ0n) is 19.9. The van der Waals surface area contributed by atoms with Crippen LogP contribution in [0.3, 0.4) is 0 Å². The molecule has 0 bridgehead atoms. The number of benzene rings is 3. The molecule has 184 valence electrons. The zero-order chi connectivity index (χ0) is 25.9. The van der Waals surface area contributed by atoms with Crippen LogP contribution in [-0.4, -0.2) is 35.8 Å². The lowest BCUT2D eigenvalue weighted by Crippen LogP contribution is -2.59. The van der Waals surface area contributed by atoms with E-state index in [2.05, 4.69) is 5.32 Å². The molecule has 4 rings (SSSR count). The van der Waals surface area contributed by atoms with Crippen LogP contribution in [0, 0.1) is 5.41 Å². The number of amidine groups is 1. The summed E-state index contributed by atoms with van der Waals surface area (Å²) in [6, 6.07) is 20.5. The number of anilines is 2. The first-order valence-corrected chi connectivity index (χ1v) is 11.3. The summed E-state index contributed by atoms with van der Waals surface area (Å²) in [7, 11) is 0. The van der Waals surface area contributed by atoms with E-state index in [1.807, 2.05) is 30.3 Å². The lowest BCUT2D eigenvalue weighted by Gasteiger charge is -2.39. The van der Waals surface area contributed by atoms with Crippen LogP contribution >= 0.6 is 0 Å². The lowest BCUT2D eigenvalue weighted by atomic mass is 10.00. The SMILES string of the molecule is CCOC(=O)C1(C)Oc2ccc(NC(=O)c3ccc(C(=N)N)cc3)cc2N(Cc2ccccc2)C1=O. The van der Waals surface area contributed by atoms with Crippen LogP contribution in [0.4, 0.5) is 11.4 Å². The largest absolute Gasteiger partial charge is 0.464 e. The molecule has 1 unspecified atom stereocenters. The van der Waals surface area contributed by atoms with E-state index in [1.165, 1.54) is 11.8 Å². The van der Waals surface area contributed by atoms with Crippen molar-refractivity contribution in [3.05, 3.63) is 89.5 Å². The first-order valence-electron chi connectivity index (χ1n) is 11.3. The molecule has 0 saturated carbocycles. The Kier molecular flexibility index (Phi) is 6.73.